The van der Waals surface area contributed by atoms with E-state index in [1.165, 1.54) is 35.6 Å². The van der Waals surface area contributed by atoms with Crippen molar-refractivity contribution in [3.63, 3.8) is 0 Å². The minimum Gasteiger partial charge on any atom is -0.462 e. The van der Waals surface area contributed by atoms with E-state index in [0.29, 0.717) is 5.00 Å². The maximum atomic E-state index is 12.4. The summed E-state index contributed by atoms with van der Waals surface area (Å²) in [4.78, 5) is 37.7. The van der Waals surface area contributed by atoms with Gasteiger partial charge in [0.15, 0.2) is 6.61 Å². The lowest BCUT2D eigenvalue weighted by molar-refractivity contribution is -0.119. The Kier molecular flexibility index (Phi) is 8.23. The fraction of sp³-hybridized carbons (Fsp3) is 0.136. The molecule has 0 saturated heterocycles. The van der Waals surface area contributed by atoms with Gasteiger partial charge in [0.2, 0.25) is 0 Å². The molecule has 0 saturated carbocycles. The highest BCUT2D eigenvalue weighted by Gasteiger charge is 2.20. The minimum atomic E-state index is -0.781. The summed E-state index contributed by atoms with van der Waals surface area (Å²) in [6, 6.07) is 16.7. The van der Waals surface area contributed by atoms with E-state index in [1.807, 2.05) is 30.3 Å². The fourth-order valence-electron chi connectivity index (χ4n) is 2.68. The second-order valence-electron chi connectivity index (χ2n) is 6.24. The number of thiophene rings is 1. The predicted molar refractivity (Wildman–Crippen MR) is 120 cm³/mol. The van der Waals surface area contributed by atoms with Crippen LogP contribution in [0.4, 0.5) is 8.89 Å². The number of amides is 1. The molecular weight excluding hydrogens is 457 g/mol. The maximum Gasteiger partial charge on any atom is 0.341 e. The first-order valence-electron chi connectivity index (χ1n) is 9.40. The molecule has 1 aromatic heterocycles. The quantitative estimate of drug-likeness (QED) is 0.332. The van der Waals surface area contributed by atoms with Crippen LogP contribution in [0.1, 0.15) is 27.6 Å². The average Bonchev–Trinajstić information content (AvgIpc) is 3.22. The van der Waals surface area contributed by atoms with Crippen molar-refractivity contribution in [2.75, 3.05) is 18.5 Å². The van der Waals surface area contributed by atoms with Gasteiger partial charge in [-0.05, 0) is 36.8 Å². The Morgan fingerprint density at radius 1 is 1.00 bits per heavy atom. The van der Waals surface area contributed by atoms with E-state index in [4.69, 9.17) is 9.47 Å². The monoisotopic (exact) mass is 475 g/mol. The second-order valence-corrected chi connectivity index (χ2v) is 7.58. The molecule has 3 rings (SSSR count). The molecule has 3 aromatic rings. The third kappa shape index (κ3) is 6.08. The molecule has 1 heterocycles. The predicted octanol–water partition coefficient (Wildman–Crippen LogP) is 5.30. The Morgan fingerprint density at radius 3 is 2.50 bits per heavy atom. The zero-order chi connectivity index (χ0) is 22.9. The summed E-state index contributed by atoms with van der Waals surface area (Å²) in [5.74, 6) is -1.85. The number of hydrogen-bond donors (Lipinski definition) is 1. The Morgan fingerprint density at radius 2 is 1.78 bits per heavy atom. The molecule has 1 N–H and O–H groups in total. The van der Waals surface area contributed by atoms with E-state index in [9.17, 15) is 18.3 Å². The van der Waals surface area contributed by atoms with Gasteiger partial charge in [0.25, 0.3) is 18.3 Å². The summed E-state index contributed by atoms with van der Waals surface area (Å²) in [7, 11) is 0. The van der Waals surface area contributed by atoms with Gasteiger partial charge in [-0.1, -0.05) is 36.4 Å². The zero-order valence-electron chi connectivity index (χ0n) is 16.8. The number of carbonyl (C=O) groups excluding carboxylic acids is 3. The van der Waals surface area contributed by atoms with Crippen molar-refractivity contribution >= 4 is 46.6 Å². The van der Waals surface area contributed by atoms with Crippen LogP contribution in [0.2, 0.25) is 0 Å². The smallest absolute Gasteiger partial charge is 0.341 e. The van der Waals surface area contributed by atoms with Crippen LogP contribution in [0.3, 0.4) is 0 Å². The lowest BCUT2D eigenvalue weighted by Gasteiger charge is -2.07. The molecule has 0 aliphatic rings. The number of rotatable bonds is 9. The van der Waals surface area contributed by atoms with Gasteiger partial charge in [-0.2, -0.15) is 0 Å². The molecule has 0 spiro atoms. The first kappa shape index (κ1) is 23.3. The van der Waals surface area contributed by atoms with Gasteiger partial charge in [-0.15, -0.1) is 15.2 Å². The molecule has 10 heteroatoms. The number of nitrogens with one attached hydrogen (secondary N) is 1. The highest BCUT2D eigenvalue weighted by molar-refractivity contribution is 7.89. The molecule has 0 aliphatic heterocycles. The molecule has 0 aliphatic carbocycles. The average molecular weight is 476 g/mol. The van der Waals surface area contributed by atoms with Crippen LogP contribution in [-0.2, 0) is 14.3 Å². The van der Waals surface area contributed by atoms with Crippen LogP contribution < -0.4 is 9.50 Å². The van der Waals surface area contributed by atoms with Gasteiger partial charge < -0.3 is 19.0 Å². The third-order valence-corrected chi connectivity index (χ3v) is 5.43. The first-order valence-corrected chi connectivity index (χ1v) is 10.9. The highest BCUT2D eigenvalue weighted by atomic mass is 32.2. The molecule has 0 bridgehead atoms. The Bertz CT molecular complexity index is 1100. The van der Waals surface area contributed by atoms with Crippen molar-refractivity contribution in [1.82, 2.24) is 0 Å². The summed E-state index contributed by atoms with van der Waals surface area (Å²) < 4.78 is 26.9. The van der Waals surface area contributed by atoms with Crippen molar-refractivity contribution in [2.24, 2.45) is 0 Å². The van der Waals surface area contributed by atoms with Crippen molar-refractivity contribution in [3.05, 3.63) is 71.8 Å². The van der Waals surface area contributed by atoms with Gasteiger partial charge in [0.05, 0.1) is 17.7 Å². The van der Waals surface area contributed by atoms with Crippen LogP contribution in [-0.4, -0.2) is 31.1 Å². The molecule has 166 valence electrons. The lowest BCUT2D eigenvalue weighted by atomic mass is 10.1. The summed E-state index contributed by atoms with van der Waals surface area (Å²) in [5, 5.41) is 2.89. The SMILES string of the molecule is CCOC(=O)c1cc(-c2ccccc2)sc1NC(=O)COC(=O)c1cccc(OSF)c1. The van der Waals surface area contributed by atoms with Gasteiger partial charge >= 0.3 is 11.9 Å². The summed E-state index contributed by atoms with van der Waals surface area (Å²) >= 11 is 0.855. The normalized spacial score (nSPS) is 10.3. The van der Waals surface area contributed by atoms with Crippen molar-refractivity contribution < 1.29 is 31.9 Å². The van der Waals surface area contributed by atoms with E-state index in [-0.39, 0.29) is 35.9 Å². The van der Waals surface area contributed by atoms with Crippen molar-refractivity contribution in [3.8, 4) is 16.2 Å². The van der Waals surface area contributed by atoms with Crippen LogP contribution in [0.15, 0.2) is 60.7 Å². The first-order chi connectivity index (χ1) is 15.5. The summed E-state index contributed by atoms with van der Waals surface area (Å²) in [5.41, 5.74) is 1.19. The largest absolute Gasteiger partial charge is 0.462 e. The molecule has 0 atom stereocenters. The Balaban J connectivity index is 1.69. The molecule has 32 heavy (non-hydrogen) atoms. The zero-order valence-corrected chi connectivity index (χ0v) is 18.5. The molecule has 2 aromatic carbocycles. The summed E-state index contributed by atoms with van der Waals surface area (Å²) in [6.45, 7) is 1.29. The number of halogens is 1. The van der Waals surface area contributed by atoms with Gasteiger partial charge in [0, 0.05) is 4.88 Å². The fourth-order valence-corrected chi connectivity index (χ4v) is 3.92. The third-order valence-electron chi connectivity index (χ3n) is 4.07. The number of ether oxygens (including phenoxy) is 2. The van der Waals surface area contributed by atoms with E-state index >= 15 is 0 Å². The van der Waals surface area contributed by atoms with Crippen LogP contribution in [0, 0.1) is 0 Å². The Hall–Kier alpha value is -3.37. The van der Waals surface area contributed by atoms with Crippen LogP contribution in [0.5, 0.6) is 5.75 Å². The molecule has 0 radical (unpaired) electrons. The van der Waals surface area contributed by atoms with Crippen LogP contribution in [0.25, 0.3) is 10.4 Å². The van der Waals surface area contributed by atoms with Gasteiger partial charge in [-0.25, -0.2) is 9.59 Å². The topological polar surface area (TPSA) is 90.9 Å². The highest BCUT2D eigenvalue weighted by Crippen LogP contribution is 2.36. The number of benzene rings is 2. The standard InChI is InChI=1S/C22H18FNO6S2/c1-2-28-22(27)17-12-18(14-7-4-3-5-8-14)31-20(17)24-19(25)13-29-21(26)15-9-6-10-16(11-15)30-32-23/h3-12H,2,13H2,1H3,(H,24,25). The lowest BCUT2D eigenvalue weighted by Crippen LogP contribution is -2.21. The number of hydrogen-bond acceptors (Lipinski definition) is 8. The van der Waals surface area contributed by atoms with Crippen molar-refractivity contribution in [2.45, 2.75) is 6.92 Å². The summed E-state index contributed by atoms with van der Waals surface area (Å²) in [6.07, 6.45) is 0. The van der Waals surface area contributed by atoms with E-state index in [0.717, 1.165) is 10.4 Å². The van der Waals surface area contributed by atoms with Crippen LogP contribution >= 0.6 is 23.8 Å². The van der Waals surface area contributed by atoms with Crippen molar-refractivity contribution in [1.29, 1.82) is 0 Å². The van der Waals surface area contributed by atoms with Gasteiger partial charge in [0.1, 0.15) is 10.8 Å². The number of anilines is 1. The maximum absolute atomic E-state index is 12.4. The van der Waals surface area contributed by atoms with E-state index in [1.54, 1.807) is 13.0 Å². The van der Waals surface area contributed by atoms with Gasteiger partial charge in [-0.3, -0.25) is 4.79 Å². The minimum absolute atomic E-state index is 0.0963. The van der Waals surface area contributed by atoms with E-state index < -0.39 is 24.5 Å². The molecule has 0 fully saturated rings. The molecule has 7 nitrogen and oxygen atoms in total. The molecule has 0 unspecified atom stereocenters. The molecule has 1 amide bonds. The second kappa shape index (κ2) is 11.3. The van der Waals surface area contributed by atoms with E-state index in [2.05, 4.69) is 9.50 Å². The Labute approximate surface area is 192 Å². The number of carbonyl (C=O) groups is 3. The molecular formula is C22H18FNO6S2. The number of esters is 2.